The first-order chi connectivity index (χ1) is 10.7. The third-order valence-corrected chi connectivity index (χ3v) is 4.65. The highest BCUT2D eigenvalue weighted by Gasteiger charge is 2.31. The van der Waals surface area contributed by atoms with Crippen LogP contribution in [0.5, 0.6) is 0 Å². The van der Waals surface area contributed by atoms with E-state index in [1.165, 1.54) is 0 Å². The van der Waals surface area contributed by atoms with Crippen LogP contribution in [-0.4, -0.2) is 57.1 Å². The van der Waals surface area contributed by atoms with E-state index in [4.69, 9.17) is 0 Å². The van der Waals surface area contributed by atoms with Crippen molar-refractivity contribution in [2.24, 2.45) is 0 Å². The molecule has 0 N–H and O–H groups in total. The quantitative estimate of drug-likeness (QED) is 0.842. The van der Waals surface area contributed by atoms with Crippen molar-refractivity contribution in [2.75, 3.05) is 19.6 Å². The van der Waals surface area contributed by atoms with E-state index in [9.17, 15) is 9.59 Å². The van der Waals surface area contributed by atoms with Gasteiger partial charge in [0.1, 0.15) is 0 Å². The van der Waals surface area contributed by atoms with E-state index >= 15 is 0 Å². The molecular weight excluding hydrogens is 280 g/mol. The number of amides is 2. The average Bonchev–Trinajstić information content (AvgIpc) is 3.13. The number of nitrogens with zero attached hydrogens (tertiary/aromatic N) is 4. The number of likely N-dealkylation sites (tertiary alicyclic amines) is 2. The normalized spacial score (nSPS) is 22.9. The van der Waals surface area contributed by atoms with Crippen molar-refractivity contribution < 1.29 is 9.59 Å². The summed E-state index contributed by atoms with van der Waals surface area (Å²) in [7, 11) is 0. The molecular formula is C16H24N4O2. The van der Waals surface area contributed by atoms with Crippen LogP contribution in [0.1, 0.15) is 38.5 Å². The molecule has 0 spiro atoms. The molecule has 120 valence electrons. The Kier molecular flexibility index (Phi) is 4.75. The fraction of sp³-hybridized carbons (Fsp3) is 0.688. The summed E-state index contributed by atoms with van der Waals surface area (Å²) in [4.78, 5) is 28.3. The maximum absolute atomic E-state index is 12.6. The van der Waals surface area contributed by atoms with Crippen molar-refractivity contribution in [1.29, 1.82) is 0 Å². The maximum atomic E-state index is 12.6. The summed E-state index contributed by atoms with van der Waals surface area (Å²) < 4.78 is 1.88. The lowest BCUT2D eigenvalue weighted by atomic mass is 10.2. The van der Waals surface area contributed by atoms with Crippen molar-refractivity contribution in [3.8, 4) is 0 Å². The summed E-state index contributed by atoms with van der Waals surface area (Å²) in [5.74, 6) is 0.221. The Labute approximate surface area is 131 Å². The van der Waals surface area contributed by atoms with E-state index in [2.05, 4.69) is 5.10 Å². The van der Waals surface area contributed by atoms with Gasteiger partial charge in [0.25, 0.3) is 0 Å². The van der Waals surface area contributed by atoms with E-state index in [-0.39, 0.29) is 24.4 Å². The second-order valence-corrected chi connectivity index (χ2v) is 6.24. The highest BCUT2D eigenvalue weighted by Crippen LogP contribution is 2.20. The van der Waals surface area contributed by atoms with E-state index in [0.717, 1.165) is 51.7 Å². The second kappa shape index (κ2) is 6.94. The fourth-order valence-corrected chi connectivity index (χ4v) is 3.44. The maximum Gasteiger partial charge on any atom is 0.242 e. The molecule has 0 bridgehead atoms. The summed E-state index contributed by atoms with van der Waals surface area (Å²) in [6, 6.07) is 2.10. The van der Waals surface area contributed by atoms with Crippen LogP contribution in [-0.2, 0) is 16.1 Å². The van der Waals surface area contributed by atoms with Gasteiger partial charge in [-0.1, -0.05) is 6.42 Å². The van der Waals surface area contributed by atoms with Gasteiger partial charge in [0.2, 0.25) is 11.8 Å². The Morgan fingerprint density at radius 3 is 2.95 bits per heavy atom. The summed E-state index contributed by atoms with van der Waals surface area (Å²) in [5, 5.41) is 4.23. The van der Waals surface area contributed by atoms with Crippen LogP contribution in [0.15, 0.2) is 18.5 Å². The molecule has 0 aromatic carbocycles. The second-order valence-electron chi connectivity index (χ2n) is 6.24. The van der Waals surface area contributed by atoms with Crippen LogP contribution in [0.3, 0.4) is 0 Å². The highest BCUT2D eigenvalue weighted by molar-refractivity contribution is 5.85. The molecule has 0 saturated carbocycles. The zero-order valence-electron chi connectivity index (χ0n) is 13.0. The number of hydrogen-bond donors (Lipinski definition) is 0. The number of aromatic nitrogens is 2. The van der Waals surface area contributed by atoms with Crippen LogP contribution < -0.4 is 0 Å². The number of hydrogen-bond acceptors (Lipinski definition) is 3. The Morgan fingerprint density at radius 1 is 1.23 bits per heavy atom. The van der Waals surface area contributed by atoms with Gasteiger partial charge in [0, 0.05) is 31.9 Å². The molecule has 6 nitrogen and oxygen atoms in total. The van der Waals surface area contributed by atoms with Gasteiger partial charge >= 0.3 is 0 Å². The third kappa shape index (κ3) is 3.48. The smallest absolute Gasteiger partial charge is 0.242 e. The van der Waals surface area contributed by atoms with Gasteiger partial charge in [0.05, 0.1) is 19.1 Å². The van der Waals surface area contributed by atoms with Crippen molar-refractivity contribution in [3.63, 3.8) is 0 Å². The van der Waals surface area contributed by atoms with Gasteiger partial charge in [-0.15, -0.1) is 0 Å². The topological polar surface area (TPSA) is 58.4 Å². The minimum Gasteiger partial charge on any atom is -0.336 e. The molecule has 1 atom stereocenters. The minimum atomic E-state index is 0.0879. The van der Waals surface area contributed by atoms with Gasteiger partial charge in [-0.2, -0.15) is 5.10 Å². The molecule has 2 aliphatic rings. The molecule has 1 aromatic rings. The van der Waals surface area contributed by atoms with Crippen LogP contribution in [0, 0.1) is 0 Å². The Balaban J connectivity index is 1.59. The summed E-state index contributed by atoms with van der Waals surface area (Å²) >= 11 is 0. The molecule has 0 radical (unpaired) electrons. The lowest BCUT2D eigenvalue weighted by Crippen LogP contribution is -2.45. The number of rotatable bonds is 4. The van der Waals surface area contributed by atoms with Crippen LogP contribution in [0.4, 0.5) is 0 Å². The first-order valence-electron chi connectivity index (χ1n) is 8.29. The van der Waals surface area contributed by atoms with Gasteiger partial charge in [-0.3, -0.25) is 14.3 Å². The van der Waals surface area contributed by atoms with Crippen molar-refractivity contribution in [1.82, 2.24) is 19.6 Å². The summed E-state index contributed by atoms with van der Waals surface area (Å²) in [6.45, 7) is 2.51. The molecule has 3 heterocycles. The first kappa shape index (κ1) is 15.1. The molecule has 6 heteroatoms. The zero-order valence-corrected chi connectivity index (χ0v) is 13.0. The lowest BCUT2D eigenvalue weighted by Gasteiger charge is -2.28. The zero-order chi connectivity index (χ0) is 15.4. The predicted octanol–water partition coefficient (Wildman–Crippen LogP) is 1.28. The average molecular weight is 304 g/mol. The SMILES string of the molecule is O=C1CCCCCN1CC(=O)N1CCC[C@@H]1Cn1cccn1. The minimum absolute atomic E-state index is 0.0879. The lowest BCUT2D eigenvalue weighted by molar-refractivity contribution is -0.140. The van der Waals surface area contributed by atoms with Crippen LogP contribution in [0.25, 0.3) is 0 Å². The number of carbonyl (C=O) groups is 2. The van der Waals surface area contributed by atoms with E-state index < -0.39 is 0 Å². The highest BCUT2D eigenvalue weighted by atomic mass is 16.2. The molecule has 2 amide bonds. The Hall–Kier alpha value is -1.85. The summed E-state index contributed by atoms with van der Waals surface area (Å²) in [6.07, 6.45) is 9.37. The molecule has 2 fully saturated rings. The van der Waals surface area contributed by atoms with Crippen LogP contribution in [0.2, 0.25) is 0 Å². The van der Waals surface area contributed by atoms with Gasteiger partial charge in [0.15, 0.2) is 0 Å². The van der Waals surface area contributed by atoms with E-state index in [0.29, 0.717) is 6.42 Å². The standard InChI is InChI=1S/C16H24N4O2/c21-15-7-2-1-3-9-18(15)13-16(22)20-11-4-6-14(20)12-19-10-5-8-17-19/h5,8,10,14H,1-4,6-7,9,11-13H2/t14-/m1/s1. The fourth-order valence-electron chi connectivity index (χ4n) is 3.44. The number of carbonyl (C=O) groups excluding carboxylic acids is 2. The Morgan fingerprint density at radius 2 is 2.14 bits per heavy atom. The summed E-state index contributed by atoms with van der Waals surface area (Å²) in [5.41, 5.74) is 0. The molecule has 2 saturated heterocycles. The Bertz CT molecular complexity index is 514. The molecule has 0 unspecified atom stereocenters. The van der Waals surface area contributed by atoms with Gasteiger partial charge in [-0.25, -0.2) is 0 Å². The van der Waals surface area contributed by atoms with Gasteiger partial charge < -0.3 is 9.80 Å². The monoisotopic (exact) mass is 304 g/mol. The predicted molar refractivity (Wildman–Crippen MR) is 82.0 cm³/mol. The molecule has 22 heavy (non-hydrogen) atoms. The first-order valence-corrected chi connectivity index (χ1v) is 8.29. The molecule has 0 aliphatic carbocycles. The largest absolute Gasteiger partial charge is 0.336 e. The molecule has 2 aliphatic heterocycles. The molecule has 1 aromatic heterocycles. The van der Waals surface area contributed by atoms with Crippen molar-refractivity contribution in [3.05, 3.63) is 18.5 Å². The third-order valence-electron chi connectivity index (χ3n) is 4.65. The van der Waals surface area contributed by atoms with E-state index in [1.54, 1.807) is 11.1 Å². The molecule has 3 rings (SSSR count). The van der Waals surface area contributed by atoms with Crippen molar-refractivity contribution >= 4 is 11.8 Å². The van der Waals surface area contributed by atoms with E-state index in [1.807, 2.05) is 21.8 Å². The van der Waals surface area contributed by atoms with Crippen LogP contribution >= 0.6 is 0 Å². The van der Waals surface area contributed by atoms with Gasteiger partial charge in [-0.05, 0) is 31.7 Å². The van der Waals surface area contributed by atoms with Crippen molar-refractivity contribution in [2.45, 2.75) is 51.1 Å².